The number of nitrogens with zero attached hydrogens (tertiary/aromatic N) is 3. The van der Waals surface area contributed by atoms with Gasteiger partial charge in [0.05, 0.1) is 5.69 Å². The van der Waals surface area contributed by atoms with Gasteiger partial charge in [-0.3, -0.25) is 9.67 Å². The molecule has 0 radical (unpaired) electrons. The van der Waals surface area contributed by atoms with Crippen molar-refractivity contribution in [1.82, 2.24) is 14.8 Å². The van der Waals surface area contributed by atoms with Crippen molar-refractivity contribution >= 4 is 5.97 Å². The number of carboxylic acids is 1. The first-order chi connectivity index (χ1) is 8.68. The molecule has 1 aliphatic rings. The molecule has 0 saturated heterocycles. The summed E-state index contributed by atoms with van der Waals surface area (Å²) < 4.78 is 1.44. The Morgan fingerprint density at radius 2 is 2.22 bits per heavy atom. The predicted octanol–water partition coefficient (Wildman–Crippen LogP) is 1.67. The van der Waals surface area contributed by atoms with E-state index >= 15 is 0 Å². The van der Waals surface area contributed by atoms with Gasteiger partial charge in [-0.1, -0.05) is 6.07 Å². The van der Waals surface area contributed by atoms with Crippen LogP contribution in [0.15, 0.2) is 18.3 Å². The van der Waals surface area contributed by atoms with Crippen molar-refractivity contribution in [3.63, 3.8) is 0 Å². The zero-order valence-electron chi connectivity index (χ0n) is 10.1. The summed E-state index contributed by atoms with van der Waals surface area (Å²) in [4.78, 5) is 15.7. The Kier molecular flexibility index (Phi) is 2.40. The molecule has 0 aliphatic heterocycles. The summed E-state index contributed by atoms with van der Waals surface area (Å²) >= 11 is 0. The molecule has 2 heterocycles. The molecule has 0 unspecified atom stereocenters. The minimum atomic E-state index is -0.925. The van der Waals surface area contributed by atoms with E-state index in [1.807, 2.05) is 12.1 Å². The van der Waals surface area contributed by atoms with Crippen LogP contribution in [0.1, 0.15) is 28.0 Å². The lowest BCUT2D eigenvalue weighted by Gasteiger charge is -2.02. The summed E-state index contributed by atoms with van der Waals surface area (Å²) in [6.45, 7) is 0. The van der Waals surface area contributed by atoms with Crippen molar-refractivity contribution in [2.24, 2.45) is 7.05 Å². The average molecular weight is 243 g/mol. The van der Waals surface area contributed by atoms with Crippen molar-refractivity contribution in [3.05, 3.63) is 35.2 Å². The third-order valence-electron chi connectivity index (χ3n) is 3.34. The molecule has 5 heteroatoms. The van der Waals surface area contributed by atoms with Crippen molar-refractivity contribution < 1.29 is 9.90 Å². The van der Waals surface area contributed by atoms with Crippen LogP contribution in [0.5, 0.6) is 0 Å². The molecule has 5 nitrogen and oxygen atoms in total. The molecule has 0 bridgehead atoms. The van der Waals surface area contributed by atoms with Crippen LogP contribution in [0, 0.1) is 0 Å². The van der Waals surface area contributed by atoms with Crippen LogP contribution in [0.25, 0.3) is 11.4 Å². The SMILES string of the molecule is Cn1nc2c(c1C(=O)O)CCCc1cccnc1-2. The number of hydrogen-bond donors (Lipinski definition) is 1. The Labute approximate surface area is 104 Å². The molecule has 0 aromatic carbocycles. The maximum absolute atomic E-state index is 11.3. The average Bonchev–Trinajstić information content (AvgIpc) is 2.57. The van der Waals surface area contributed by atoms with Gasteiger partial charge in [0.2, 0.25) is 0 Å². The molecule has 2 aromatic heterocycles. The lowest BCUT2D eigenvalue weighted by Crippen LogP contribution is -2.08. The summed E-state index contributed by atoms with van der Waals surface area (Å²) in [6, 6.07) is 3.94. The highest BCUT2D eigenvalue weighted by atomic mass is 16.4. The second kappa shape index (κ2) is 3.94. The van der Waals surface area contributed by atoms with Crippen LogP contribution >= 0.6 is 0 Å². The topological polar surface area (TPSA) is 68.0 Å². The molecule has 1 N–H and O–H groups in total. The fourth-order valence-corrected chi connectivity index (χ4v) is 2.57. The van der Waals surface area contributed by atoms with Crippen LogP contribution in [0.4, 0.5) is 0 Å². The van der Waals surface area contributed by atoms with E-state index in [-0.39, 0.29) is 5.69 Å². The van der Waals surface area contributed by atoms with Crippen LogP contribution in [0.2, 0.25) is 0 Å². The highest BCUT2D eigenvalue weighted by Gasteiger charge is 2.26. The van der Waals surface area contributed by atoms with E-state index in [1.54, 1.807) is 13.2 Å². The van der Waals surface area contributed by atoms with E-state index in [1.165, 1.54) is 4.68 Å². The van der Waals surface area contributed by atoms with Gasteiger partial charge in [-0.2, -0.15) is 5.10 Å². The van der Waals surface area contributed by atoms with Gasteiger partial charge in [0.1, 0.15) is 11.4 Å². The van der Waals surface area contributed by atoms with Gasteiger partial charge in [0, 0.05) is 18.8 Å². The predicted molar refractivity (Wildman–Crippen MR) is 65.4 cm³/mol. The van der Waals surface area contributed by atoms with Crippen molar-refractivity contribution in [2.45, 2.75) is 19.3 Å². The molecular weight excluding hydrogens is 230 g/mol. The molecule has 0 spiro atoms. The zero-order chi connectivity index (χ0) is 12.7. The van der Waals surface area contributed by atoms with Crippen LogP contribution < -0.4 is 0 Å². The third-order valence-corrected chi connectivity index (χ3v) is 3.34. The molecule has 0 atom stereocenters. The number of pyridine rings is 1. The summed E-state index contributed by atoms with van der Waals surface area (Å²) in [5.74, 6) is -0.925. The first-order valence-corrected chi connectivity index (χ1v) is 5.92. The molecular formula is C13H13N3O2. The van der Waals surface area contributed by atoms with Gasteiger partial charge < -0.3 is 5.11 Å². The number of carboxylic acid groups (broad SMARTS) is 1. The molecule has 18 heavy (non-hydrogen) atoms. The number of aryl methyl sites for hydroxylation is 2. The second-order valence-electron chi connectivity index (χ2n) is 4.47. The summed E-state index contributed by atoms with van der Waals surface area (Å²) in [7, 11) is 1.67. The largest absolute Gasteiger partial charge is 0.477 e. The fourth-order valence-electron chi connectivity index (χ4n) is 2.57. The van der Waals surface area contributed by atoms with Gasteiger partial charge in [-0.05, 0) is 30.9 Å². The molecule has 92 valence electrons. The Hall–Kier alpha value is -2.17. The Balaban J connectivity index is 2.29. The normalized spacial score (nSPS) is 13.6. The van der Waals surface area contributed by atoms with Gasteiger partial charge >= 0.3 is 5.97 Å². The van der Waals surface area contributed by atoms with Gasteiger partial charge in [0.15, 0.2) is 0 Å². The second-order valence-corrected chi connectivity index (χ2v) is 4.47. The van der Waals surface area contributed by atoms with Crippen molar-refractivity contribution in [2.75, 3.05) is 0 Å². The number of aromatic carboxylic acids is 1. The van der Waals surface area contributed by atoms with Gasteiger partial charge in [-0.15, -0.1) is 0 Å². The first-order valence-electron chi connectivity index (χ1n) is 5.92. The Bertz CT molecular complexity index is 631. The number of hydrogen-bond acceptors (Lipinski definition) is 3. The number of fused-ring (bicyclic) bond motifs is 3. The lowest BCUT2D eigenvalue weighted by atomic mass is 10.1. The minimum absolute atomic E-state index is 0.281. The van der Waals surface area contributed by atoms with Crippen molar-refractivity contribution in [1.29, 1.82) is 0 Å². The van der Waals surface area contributed by atoms with E-state index in [0.29, 0.717) is 0 Å². The standard InChI is InChI=1S/C13H13N3O2/c1-16-12(13(17)18)9-6-2-4-8-5-3-7-14-10(8)11(9)15-16/h3,5,7H,2,4,6H2,1H3,(H,17,18). The quantitative estimate of drug-likeness (QED) is 0.827. The van der Waals surface area contributed by atoms with E-state index in [9.17, 15) is 9.90 Å². The van der Waals surface area contributed by atoms with Gasteiger partial charge in [-0.25, -0.2) is 4.79 Å². The third kappa shape index (κ3) is 1.51. The first kappa shape index (κ1) is 11.0. The van der Waals surface area contributed by atoms with E-state index in [2.05, 4.69) is 10.1 Å². The Morgan fingerprint density at radius 1 is 1.39 bits per heavy atom. The molecule has 0 saturated carbocycles. The van der Waals surface area contributed by atoms with Crippen molar-refractivity contribution in [3.8, 4) is 11.4 Å². The molecule has 3 rings (SSSR count). The minimum Gasteiger partial charge on any atom is -0.477 e. The maximum Gasteiger partial charge on any atom is 0.354 e. The molecule has 2 aromatic rings. The van der Waals surface area contributed by atoms with Crippen LogP contribution in [0.3, 0.4) is 0 Å². The molecule has 0 amide bonds. The highest BCUT2D eigenvalue weighted by Crippen LogP contribution is 2.31. The smallest absolute Gasteiger partial charge is 0.354 e. The highest BCUT2D eigenvalue weighted by molar-refractivity contribution is 5.90. The summed E-state index contributed by atoms with van der Waals surface area (Å²) in [6.07, 6.45) is 4.31. The summed E-state index contributed by atoms with van der Waals surface area (Å²) in [5.41, 5.74) is 3.79. The number of carbonyl (C=O) groups is 1. The molecule has 0 fully saturated rings. The summed E-state index contributed by atoms with van der Waals surface area (Å²) in [5, 5.41) is 13.6. The van der Waals surface area contributed by atoms with E-state index in [0.717, 1.165) is 41.8 Å². The maximum atomic E-state index is 11.3. The van der Waals surface area contributed by atoms with E-state index in [4.69, 9.17) is 0 Å². The Morgan fingerprint density at radius 3 is 3.00 bits per heavy atom. The van der Waals surface area contributed by atoms with Crippen LogP contribution in [-0.2, 0) is 19.9 Å². The van der Waals surface area contributed by atoms with E-state index < -0.39 is 5.97 Å². The van der Waals surface area contributed by atoms with Gasteiger partial charge in [0.25, 0.3) is 0 Å². The molecule has 1 aliphatic carbocycles. The lowest BCUT2D eigenvalue weighted by molar-refractivity contribution is 0.0683. The number of rotatable bonds is 1. The number of aromatic nitrogens is 3. The van der Waals surface area contributed by atoms with Crippen LogP contribution in [-0.4, -0.2) is 25.8 Å². The zero-order valence-corrected chi connectivity index (χ0v) is 10.1. The fraction of sp³-hybridized carbons (Fsp3) is 0.308. The monoisotopic (exact) mass is 243 g/mol.